The maximum atomic E-state index is 12.3. The predicted octanol–water partition coefficient (Wildman–Crippen LogP) is 4.78. The molecule has 0 unspecified atom stereocenters. The average molecular weight is 466 g/mol. The van der Waals surface area contributed by atoms with Crippen molar-refractivity contribution in [1.82, 2.24) is 10.6 Å². The van der Waals surface area contributed by atoms with Crippen LogP contribution in [0.3, 0.4) is 0 Å². The van der Waals surface area contributed by atoms with Gasteiger partial charge in [-0.05, 0) is 56.7 Å². The minimum absolute atomic E-state index is 0.0907. The van der Waals surface area contributed by atoms with Gasteiger partial charge in [0.05, 0.1) is 10.6 Å². The first-order valence-electron chi connectivity index (χ1n) is 9.62. The van der Waals surface area contributed by atoms with Gasteiger partial charge in [0, 0.05) is 30.2 Å². The monoisotopic (exact) mass is 465 g/mol. The molecule has 0 aliphatic heterocycles. The number of amides is 3. The van der Waals surface area contributed by atoms with Crippen molar-refractivity contribution in [3.8, 4) is 0 Å². The zero-order valence-electron chi connectivity index (χ0n) is 17.6. The zero-order valence-corrected chi connectivity index (χ0v) is 19.1. The fourth-order valence-electron chi connectivity index (χ4n) is 2.52. The Labute approximate surface area is 191 Å². The summed E-state index contributed by atoms with van der Waals surface area (Å²) in [6.45, 7) is 5.68. The third-order valence-corrected chi connectivity index (χ3v) is 4.42. The van der Waals surface area contributed by atoms with E-state index in [1.54, 1.807) is 51.1 Å². The molecule has 2 rings (SSSR count). The van der Waals surface area contributed by atoms with Crippen molar-refractivity contribution in [3.05, 3.63) is 63.6 Å². The number of ether oxygens (including phenoxy) is 1. The molecule has 0 heterocycles. The highest BCUT2D eigenvalue weighted by Crippen LogP contribution is 2.20. The first kappa shape index (κ1) is 24.5. The lowest BCUT2D eigenvalue weighted by Gasteiger charge is -2.19. The molecule has 31 heavy (non-hydrogen) atoms. The van der Waals surface area contributed by atoms with Crippen LogP contribution < -0.4 is 16.0 Å². The molecular weight excluding hydrogens is 441 g/mol. The van der Waals surface area contributed by atoms with Gasteiger partial charge < -0.3 is 20.7 Å². The number of hydrogen-bond acceptors (Lipinski definition) is 4. The van der Waals surface area contributed by atoms with E-state index in [0.717, 1.165) is 5.56 Å². The molecule has 9 heteroatoms. The minimum Gasteiger partial charge on any atom is -0.444 e. The third kappa shape index (κ3) is 8.86. The molecule has 0 aliphatic carbocycles. The second-order valence-corrected chi connectivity index (χ2v) is 8.58. The molecule has 0 bridgehead atoms. The molecular formula is C22H25Cl2N3O4. The molecule has 0 saturated heterocycles. The van der Waals surface area contributed by atoms with Crippen molar-refractivity contribution in [2.24, 2.45) is 0 Å². The highest BCUT2D eigenvalue weighted by atomic mass is 35.5. The number of anilines is 1. The van der Waals surface area contributed by atoms with Gasteiger partial charge in [-0.3, -0.25) is 9.59 Å². The quantitative estimate of drug-likeness (QED) is 0.548. The van der Waals surface area contributed by atoms with Gasteiger partial charge in [0.1, 0.15) is 5.60 Å². The SMILES string of the molecule is CC(C)(C)OC(=O)NCCC(=O)Nc1cccc(CNC(=O)c2cc(Cl)ccc2Cl)c1. The highest BCUT2D eigenvalue weighted by molar-refractivity contribution is 6.35. The standard InChI is InChI=1S/C22H25Cl2N3O4/c1-22(2,3)31-21(30)25-10-9-19(28)27-16-6-4-5-14(11-16)13-26-20(29)17-12-15(23)7-8-18(17)24/h4-8,11-12H,9-10,13H2,1-3H3,(H,25,30)(H,26,29)(H,27,28). The molecule has 0 fully saturated rings. The number of rotatable bonds is 7. The average Bonchev–Trinajstić information content (AvgIpc) is 2.67. The predicted molar refractivity (Wildman–Crippen MR) is 122 cm³/mol. The number of nitrogens with one attached hydrogen (secondary N) is 3. The molecule has 0 radical (unpaired) electrons. The van der Waals surface area contributed by atoms with Gasteiger partial charge >= 0.3 is 6.09 Å². The van der Waals surface area contributed by atoms with Crippen molar-refractivity contribution in [2.45, 2.75) is 39.3 Å². The van der Waals surface area contributed by atoms with Gasteiger partial charge in [0.15, 0.2) is 0 Å². The van der Waals surface area contributed by atoms with E-state index in [2.05, 4.69) is 16.0 Å². The second kappa shape index (κ2) is 11.0. The largest absolute Gasteiger partial charge is 0.444 e. The van der Waals surface area contributed by atoms with E-state index >= 15 is 0 Å². The lowest BCUT2D eigenvalue weighted by atomic mass is 10.1. The van der Waals surface area contributed by atoms with Crippen LogP contribution in [0.4, 0.5) is 10.5 Å². The van der Waals surface area contributed by atoms with Crippen LogP contribution in [0.2, 0.25) is 10.0 Å². The summed E-state index contributed by atoms with van der Waals surface area (Å²) in [5.41, 5.74) is 1.06. The van der Waals surface area contributed by atoms with Crippen LogP contribution in [0.5, 0.6) is 0 Å². The maximum Gasteiger partial charge on any atom is 0.407 e. The van der Waals surface area contributed by atoms with Gasteiger partial charge in [0.25, 0.3) is 5.91 Å². The van der Waals surface area contributed by atoms with Gasteiger partial charge in [-0.25, -0.2) is 4.79 Å². The fourth-order valence-corrected chi connectivity index (χ4v) is 2.90. The number of carbonyl (C=O) groups excluding carboxylic acids is 3. The number of halogens is 2. The summed E-state index contributed by atoms with van der Waals surface area (Å²) < 4.78 is 5.11. The number of alkyl carbamates (subject to hydrolysis) is 1. The van der Waals surface area contributed by atoms with Crippen molar-refractivity contribution in [2.75, 3.05) is 11.9 Å². The number of benzene rings is 2. The van der Waals surface area contributed by atoms with Crippen LogP contribution >= 0.6 is 23.2 Å². The topological polar surface area (TPSA) is 96.5 Å². The summed E-state index contributed by atoms with van der Waals surface area (Å²) >= 11 is 12.0. The summed E-state index contributed by atoms with van der Waals surface area (Å²) in [5, 5.41) is 8.79. The molecule has 0 atom stereocenters. The summed E-state index contributed by atoms with van der Waals surface area (Å²) in [6, 6.07) is 11.7. The van der Waals surface area contributed by atoms with Crippen molar-refractivity contribution in [3.63, 3.8) is 0 Å². The summed E-state index contributed by atoms with van der Waals surface area (Å²) in [5.74, 6) is -0.613. The van der Waals surface area contributed by atoms with Gasteiger partial charge in [-0.1, -0.05) is 35.3 Å². The smallest absolute Gasteiger partial charge is 0.407 e. The van der Waals surface area contributed by atoms with Gasteiger partial charge in [-0.2, -0.15) is 0 Å². The van der Waals surface area contributed by atoms with E-state index < -0.39 is 11.7 Å². The molecule has 2 aromatic rings. The Hall–Kier alpha value is -2.77. The fraction of sp³-hybridized carbons (Fsp3) is 0.318. The number of carbonyl (C=O) groups is 3. The Kier molecular flexibility index (Phi) is 8.71. The van der Waals surface area contributed by atoms with Crippen molar-refractivity contribution >= 4 is 46.8 Å². The van der Waals surface area contributed by atoms with E-state index in [9.17, 15) is 14.4 Å². The van der Waals surface area contributed by atoms with Crippen LogP contribution in [0.15, 0.2) is 42.5 Å². The molecule has 166 valence electrons. The third-order valence-electron chi connectivity index (χ3n) is 3.86. The van der Waals surface area contributed by atoms with E-state index in [0.29, 0.717) is 15.7 Å². The van der Waals surface area contributed by atoms with E-state index in [1.165, 1.54) is 6.07 Å². The maximum absolute atomic E-state index is 12.3. The molecule has 3 N–H and O–H groups in total. The molecule has 3 amide bonds. The molecule has 0 aromatic heterocycles. The summed E-state index contributed by atoms with van der Waals surface area (Å²) in [4.78, 5) is 36.1. The minimum atomic E-state index is -0.597. The van der Waals surface area contributed by atoms with Gasteiger partial charge in [0.2, 0.25) is 5.91 Å². The Morgan fingerprint density at radius 2 is 1.74 bits per heavy atom. The molecule has 0 spiro atoms. The van der Waals surface area contributed by atoms with E-state index in [4.69, 9.17) is 27.9 Å². The van der Waals surface area contributed by atoms with Crippen LogP contribution in [0.25, 0.3) is 0 Å². The van der Waals surface area contributed by atoms with Crippen molar-refractivity contribution in [1.29, 1.82) is 0 Å². The molecule has 2 aromatic carbocycles. The van der Waals surface area contributed by atoms with E-state index in [-0.39, 0.29) is 36.9 Å². The second-order valence-electron chi connectivity index (χ2n) is 7.73. The summed E-state index contributed by atoms with van der Waals surface area (Å²) in [6.07, 6.45) is -0.481. The lowest BCUT2D eigenvalue weighted by Crippen LogP contribution is -2.34. The van der Waals surface area contributed by atoms with Crippen LogP contribution in [-0.4, -0.2) is 30.1 Å². The number of hydrogen-bond donors (Lipinski definition) is 3. The van der Waals surface area contributed by atoms with Crippen LogP contribution in [-0.2, 0) is 16.1 Å². The Morgan fingerprint density at radius 3 is 2.45 bits per heavy atom. The highest BCUT2D eigenvalue weighted by Gasteiger charge is 2.16. The Balaban J connectivity index is 1.83. The lowest BCUT2D eigenvalue weighted by molar-refractivity contribution is -0.116. The zero-order chi connectivity index (χ0) is 23.0. The van der Waals surface area contributed by atoms with Crippen LogP contribution in [0, 0.1) is 0 Å². The van der Waals surface area contributed by atoms with Crippen LogP contribution in [0.1, 0.15) is 43.1 Å². The van der Waals surface area contributed by atoms with Gasteiger partial charge in [-0.15, -0.1) is 0 Å². The Morgan fingerprint density at radius 1 is 1.00 bits per heavy atom. The molecule has 0 aliphatic rings. The normalized spacial score (nSPS) is 10.9. The molecule has 0 saturated carbocycles. The molecule has 7 nitrogen and oxygen atoms in total. The first-order chi connectivity index (χ1) is 14.5. The summed E-state index contributed by atoms with van der Waals surface area (Å²) in [7, 11) is 0. The first-order valence-corrected chi connectivity index (χ1v) is 10.4. The van der Waals surface area contributed by atoms with E-state index in [1.807, 2.05) is 6.07 Å². The Bertz CT molecular complexity index is 958. The van der Waals surface area contributed by atoms with Crippen molar-refractivity contribution < 1.29 is 19.1 Å².